The maximum Gasteiger partial charge on any atom is 0.133 e. The Morgan fingerprint density at radius 1 is 1.16 bits per heavy atom. The van der Waals surface area contributed by atoms with Crippen LogP contribution < -0.4 is 4.74 Å². The summed E-state index contributed by atoms with van der Waals surface area (Å²) in [5.74, 6) is -0.218. The molecule has 0 saturated carbocycles. The normalized spacial score (nSPS) is 12.3. The van der Waals surface area contributed by atoms with Crippen LogP contribution in [0.2, 0.25) is 0 Å². The van der Waals surface area contributed by atoms with Gasteiger partial charge >= 0.3 is 0 Å². The molecule has 2 aromatic rings. The quantitative estimate of drug-likeness (QED) is 0.903. The number of aliphatic hydroxyl groups is 1. The first-order valence-electron chi connectivity index (χ1n) is 5.89. The molecule has 0 aliphatic carbocycles. The number of benzene rings is 2. The van der Waals surface area contributed by atoms with Gasteiger partial charge in [0.1, 0.15) is 23.1 Å². The van der Waals surface area contributed by atoms with Crippen molar-refractivity contribution in [3.8, 4) is 11.5 Å². The van der Waals surface area contributed by atoms with Crippen LogP contribution in [0.1, 0.15) is 24.2 Å². The van der Waals surface area contributed by atoms with Gasteiger partial charge in [0.05, 0.1) is 6.10 Å². The van der Waals surface area contributed by atoms with E-state index >= 15 is 0 Å². The molecule has 0 aliphatic rings. The van der Waals surface area contributed by atoms with Crippen molar-refractivity contribution in [2.75, 3.05) is 0 Å². The van der Waals surface area contributed by atoms with Gasteiger partial charge in [0.15, 0.2) is 0 Å². The molecule has 0 heterocycles. The second kappa shape index (κ2) is 5.36. The third-order valence-electron chi connectivity index (χ3n) is 2.77. The van der Waals surface area contributed by atoms with Gasteiger partial charge in [-0.1, -0.05) is 6.07 Å². The van der Waals surface area contributed by atoms with E-state index in [1.165, 1.54) is 37.3 Å². The molecule has 0 radical (unpaired) electrons. The lowest BCUT2D eigenvalue weighted by Crippen LogP contribution is -1.99. The highest BCUT2D eigenvalue weighted by Crippen LogP contribution is 2.32. The van der Waals surface area contributed by atoms with E-state index in [1.807, 2.05) is 0 Å². The number of halogens is 2. The fourth-order valence-electron chi connectivity index (χ4n) is 1.74. The summed E-state index contributed by atoms with van der Waals surface area (Å²) in [5.41, 5.74) is 0.725. The molecule has 0 fully saturated rings. The molecular formula is C15H14F2O2. The minimum atomic E-state index is -0.876. The summed E-state index contributed by atoms with van der Waals surface area (Å²) >= 11 is 0. The number of ether oxygens (including phenoxy) is 1. The van der Waals surface area contributed by atoms with Crippen LogP contribution in [0.5, 0.6) is 11.5 Å². The molecule has 0 saturated heterocycles. The van der Waals surface area contributed by atoms with Gasteiger partial charge in [-0.05, 0) is 43.7 Å². The number of aliphatic hydroxyl groups excluding tert-OH is 1. The molecule has 0 amide bonds. The van der Waals surface area contributed by atoms with Crippen LogP contribution in [-0.4, -0.2) is 5.11 Å². The molecule has 0 aliphatic heterocycles. The minimum absolute atomic E-state index is 0.299. The summed E-state index contributed by atoms with van der Waals surface area (Å²) in [7, 11) is 0. The van der Waals surface area contributed by atoms with E-state index in [-0.39, 0.29) is 0 Å². The third kappa shape index (κ3) is 3.09. The van der Waals surface area contributed by atoms with Crippen molar-refractivity contribution in [2.24, 2.45) is 0 Å². The summed E-state index contributed by atoms with van der Waals surface area (Å²) < 4.78 is 32.1. The number of rotatable bonds is 3. The average molecular weight is 264 g/mol. The summed E-state index contributed by atoms with van der Waals surface area (Å²) in [5, 5.41) is 9.63. The topological polar surface area (TPSA) is 29.5 Å². The molecule has 100 valence electrons. The van der Waals surface area contributed by atoms with E-state index in [0.29, 0.717) is 22.6 Å². The maximum atomic E-state index is 13.5. The zero-order valence-corrected chi connectivity index (χ0v) is 10.7. The van der Waals surface area contributed by atoms with E-state index in [9.17, 15) is 13.9 Å². The Bertz CT molecular complexity index is 595. The summed E-state index contributed by atoms with van der Waals surface area (Å²) in [4.78, 5) is 0. The lowest BCUT2D eigenvalue weighted by atomic mass is 10.1. The van der Waals surface area contributed by atoms with Crippen LogP contribution >= 0.6 is 0 Å². The molecule has 19 heavy (non-hydrogen) atoms. The molecule has 2 nitrogen and oxygen atoms in total. The second-order valence-corrected chi connectivity index (χ2v) is 4.37. The molecule has 1 atom stereocenters. The van der Waals surface area contributed by atoms with Crippen LogP contribution in [-0.2, 0) is 0 Å². The Morgan fingerprint density at radius 2 is 1.89 bits per heavy atom. The van der Waals surface area contributed by atoms with Gasteiger partial charge in [-0.3, -0.25) is 0 Å². The monoisotopic (exact) mass is 264 g/mol. The zero-order chi connectivity index (χ0) is 14.0. The van der Waals surface area contributed by atoms with Gasteiger partial charge < -0.3 is 9.84 Å². The smallest absolute Gasteiger partial charge is 0.133 e. The highest BCUT2D eigenvalue weighted by molar-refractivity contribution is 5.42. The predicted molar refractivity (Wildman–Crippen MR) is 68.2 cm³/mol. The van der Waals surface area contributed by atoms with Crippen molar-refractivity contribution in [2.45, 2.75) is 20.0 Å². The molecule has 0 unspecified atom stereocenters. The molecule has 4 heteroatoms. The SMILES string of the molecule is Cc1cc(Oc2cccc(F)c2)c([C@@H](C)O)cc1F. The fraction of sp³-hybridized carbons (Fsp3) is 0.200. The Morgan fingerprint density at radius 3 is 2.53 bits per heavy atom. The Kier molecular flexibility index (Phi) is 3.81. The van der Waals surface area contributed by atoms with Gasteiger partial charge in [0.2, 0.25) is 0 Å². The van der Waals surface area contributed by atoms with Crippen LogP contribution in [0.15, 0.2) is 36.4 Å². The Balaban J connectivity index is 2.41. The number of aryl methyl sites for hydroxylation is 1. The Labute approximate surface area is 110 Å². The first kappa shape index (κ1) is 13.5. The van der Waals surface area contributed by atoms with Gasteiger partial charge in [-0.15, -0.1) is 0 Å². The van der Waals surface area contributed by atoms with Crippen LogP contribution in [0.3, 0.4) is 0 Å². The Hall–Kier alpha value is -1.94. The molecule has 2 rings (SSSR count). The standard InChI is InChI=1S/C15H14F2O2/c1-9-6-15(13(10(2)18)8-14(9)17)19-12-5-3-4-11(16)7-12/h3-8,10,18H,1-2H3/t10-/m1/s1. The molecule has 0 bridgehead atoms. The van der Waals surface area contributed by atoms with Gasteiger partial charge in [-0.2, -0.15) is 0 Å². The van der Waals surface area contributed by atoms with Crippen LogP contribution in [0.4, 0.5) is 8.78 Å². The minimum Gasteiger partial charge on any atom is -0.457 e. The summed E-state index contributed by atoms with van der Waals surface area (Å²) in [6.45, 7) is 3.11. The number of hydrogen-bond donors (Lipinski definition) is 1. The van der Waals surface area contributed by atoms with Crippen molar-refractivity contribution < 1.29 is 18.6 Å². The van der Waals surface area contributed by atoms with E-state index < -0.39 is 17.7 Å². The van der Waals surface area contributed by atoms with E-state index in [0.717, 1.165) is 0 Å². The highest BCUT2D eigenvalue weighted by atomic mass is 19.1. The second-order valence-electron chi connectivity index (χ2n) is 4.37. The molecule has 0 aromatic heterocycles. The van der Waals surface area contributed by atoms with Gasteiger partial charge in [-0.25, -0.2) is 8.78 Å². The third-order valence-corrected chi connectivity index (χ3v) is 2.77. The van der Waals surface area contributed by atoms with E-state index in [4.69, 9.17) is 4.74 Å². The highest BCUT2D eigenvalue weighted by Gasteiger charge is 2.14. The van der Waals surface area contributed by atoms with Crippen molar-refractivity contribution in [3.05, 3.63) is 59.2 Å². The van der Waals surface area contributed by atoms with E-state index in [1.54, 1.807) is 13.0 Å². The summed E-state index contributed by atoms with van der Waals surface area (Å²) in [6, 6.07) is 8.36. The zero-order valence-electron chi connectivity index (χ0n) is 10.7. The average Bonchev–Trinajstić information content (AvgIpc) is 2.33. The van der Waals surface area contributed by atoms with Crippen LogP contribution in [0.25, 0.3) is 0 Å². The molecule has 0 spiro atoms. The lowest BCUT2D eigenvalue weighted by Gasteiger charge is -2.14. The van der Waals surface area contributed by atoms with Crippen LogP contribution in [0, 0.1) is 18.6 Å². The van der Waals surface area contributed by atoms with Crippen molar-refractivity contribution in [1.29, 1.82) is 0 Å². The molecule has 2 aromatic carbocycles. The molecule has 1 N–H and O–H groups in total. The van der Waals surface area contributed by atoms with Crippen molar-refractivity contribution >= 4 is 0 Å². The summed E-state index contributed by atoms with van der Waals surface area (Å²) in [6.07, 6.45) is -0.876. The number of hydrogen-bond acceptors (Lipinski definition) is 2. The first-order valence-corrected chi connectivity index (χ1v) is 5.89. The fourth-order valence-corrected chi connectivity index (χ4v) is 1.74. The van der Waals surface area contributed by atoms with Crippen molar-refractivity contribution in [1.82, 2.24) is 0 Å². The van der Waals surface area contributed by atoms with Crippen molar-refractivity contribution in [3.63, 3.8) is 0 Å². The molecular weight excluding hydrogens is 250 g/mol. The first-order chi connectivity index (χ1) is 8.97. The predicted octanol–water partition coefficient (Wildman–Crippen LogP) is 4.12. The maximum absolute atomic E-state index is 13.5. The van der Waals surface area contributed by atoms with Gasteiger partial charge in [0.25, 0.3) is 0 Å². The largest absolute Gasteiger partial charge is 0.457 e. The lowest BCUT2D eigenvalue weighted by molar-refractivity contribution is 0.195. The van der Waals surface area contributed by atoms with E-state index in [2.05, 4.69) is 0 Å². The van der Waals surface area contributed by atoms with Gasteiger partial charge in [0, 0.05) is 11.6 Å².